The van der Waals surface area contributed by atoms with Crippen LogP contribution in [0.15, 0.2) is 12.2 Å². The van der Waals surface area contributed by atoms with Crippen LogP contribution in [0.1, 0.15) is 207 Å². The van der Waals surface area contributed by atoms with E-state index in [4.69, 9.17) is 56.8 Å². The van der Waals surface area contributed by atoms with Gasteiger partial charge < -0.3 is 165 Å². The van der Waals surface area contributed by atoms with Gasteiger partial charge in [-0.25, -0.2) is 0 Å². The molecule has 0 radical (unpaired) electrons. The molecule has 6 aliphatic heterocycles. The number of carbonyl (C=O) groups is 3. The number of aliphatic hydroxyl groups excluding tert-OH is 18. The molecule has 0 bridgehead atoms. The molecule has 0 aromatic heterocycles. The molecule has 6 heterocycles. The molecule has 6 saturated heterocycles. The van der Waals surface area contributed by atoms with Crippen LogP contribution in [-0.4, -0.2) is 352 Å². The molecular weight excluding hydrogens is 1480 g/mol. The van der Waals surface area contributed by atoms with E-state index in [9.17, 15) is 106 Å². The van der Waals surface area contributed by atoms with E-state index < -0.39 is 254 Å². The quantitative estimate of drug-likeness (QED) is 0.0222. The monoisotopic (exact) mass is 1620 g/mol. The first-order valence-electron chi connectivity index (χ1n) is 41.0. The van der Waals surface area contributed by atoms with E-state index in [2.05, 4.69) is 29.8 Å². The Morgan fingerprint density at radius 3 is 1.13 bits per heavy atom. The molecule has 0 aromatic carbocycles. The highest BCUT2D eigenvalue weighted by Crippen LogP contribution is 2.37. The fraction of sp³-hybridized carbons (Fsp3) is 0.934. The van der Waals surface area contributed by atoms with Crippen molar-refractivity contribution >= 4 is 17.7 Å². The highest BCUT2D eigenvalue weighted by atomic mass is 16.8. The van der Waals surface area contributed by atoms with Crippen LogP contribution >= 0.6 is 0 Å². The average Bonchev–Trinajstić information content (AvgIpc) is 0.768. The molecule has 36 heteroatoms. The summed E-state index contributed by atoms with van der Waals surface area (Å²) in [5, 5.41) is 208. The zero-order valence-corrected chi connectivity index (χ0v) is 65.6. The van der Waals surface area contributed by atoms with Crippen LogP contribution in [0.2, 0.25) is 0 Å². The number of hydrogen-bond acceptors (Lipinski definition) is 33. The van der Waals surface area contributed by atoms with Crippen LogP contribution < -0.4 is 16.0 Å². The molecule has 0 aromatic rings. The van der Waals surface area contributed by atoms with E-state index in [0.29, 0.717) is 12.8 Å². The molecule has 0 saturated carbocycles. The third-order valence-electron chi connectivity index (χ3n) is 21.7. The van der Waals surface area contributed by atoms with Crippen molar-refractivity contribution in [1.29, 1.82) is 0 Å². The van der Waals surface area contributed by atoms with Crippen molar-refractivity contribution in [2.45, 2.75) is 404 Å². The summed E-state index contributed by atoms with van der Waals surface area (Å²) in [7, 11) is 0. The zero-order valence-electron chi connectivity index (χ0n) is 65.6. The summed E-state index contributed by atoms with van der Waals surface area (Å²) in [6.07, 6.45) is -21.2. The first-order valence-corrected chi connectivity index (χ1v) is 41.0. The van der Waals surface area contributed by atoms with Gasteiger partial charge >= 0.3 is 0 Å². The maximum absolute atomic E-state index is 13.6. The molecule has 3 amide bonds. The summed E-state index contributed by atoms with van der Waals surface area (Å²) < 4.78 is 71.4. The van der Waals surface area contributed by atoms with Crippen LogP contribution in [0.3, 0.4) is 0 Å². The molecule has 32 atom stereocenters. The molecule has 654 valence electrons. The Hall–Kier alpha value is -3.05. The summed E-state index contributed by atoms with van der Waals surface area (Å²) in [5.41, 5.74) is 0. The molecule has 21 N–H and O–H groups in total. The number of rotatable bonds is 52. The SMILES string of the molecule is CCCCCCCCCCCCC/C=C/[C@@H](O)[C@H](CO[C@@H]1OC(CO)[C@@H](O[C@@H]2OC(CO[C@@H]3OC(CO)[C@@H](O[C@@H]4OC(CO)[C@H](O)[C@H](O)C4O)[C@H](O)C3NC(C)=O)[C@H](O)[C@H](O[C@@H]3OC(CO)[C@@H](O[C@@H]4OC(CO)[C@H](O)[C@H](O)C4O)[C@H](O)C3NC(C)=O)C2O)[C@H](O)C1O)NC(=O)CCCCCCCCCCCCCCCCC. The zero-order chi connectivity index (χ0) is 82.0. The topological polar surface area (TPSA) is 562 Å². The first kappa shape index (κ1) is 97.8. The fourth-order valence-electron chi connectivity index (χ4n) is 15.0. The van der Waals surface area contributed by atoms with E-state index >= 15 is 0 Å². The molecule has 6 aliphatic rings. The Labute approximate surface area is 656 Å². The van der Waals surface area contributed by atoms with Crippen LogP contribution in [0.5, 0.6) is 0 Å². The van der Waals surface area contributed by atoms with E-state index in [0.717, 1.165) is 65.2 Å². The van der Waals surface area contributed by atoms with Crippen molar-refractivity contribution in [3.05, 3.63) is 12.2 Å². The molecule has 6 fully saturated rings. The van der Waals surface area contributed by atoms with Gasteiger partial charge in [0.2, 0.25) is 17.7 Å². The van der Waals surface area contributed by atoms with Crippen LogP contribution in [0.25, 0.3) is 0 Å². The van der Waals surface area contributed by atoms with Gasteiger partial charge in [-0.05, 0) is 19.3 Å². The van der Waals surface area contributed by atoms with E-state index in [-0.39, 0.29) is 12.3 Å². The third-order valence-corrected chi connectivity index (χ3v) is 21.7. The summed E-state index contributed by atoms with van der Waals surface area (Å²) in [6, 6.07) is -4.66. The molecule has 36 nitrogen and oxygen atoms in total. The van der Waals surface area contributed by atoms with E-state index in [1.165, 1.54) is 109 Å². The number of nitrogens with one attached hydrogen (secondary N) is 3. The minimum atomic E-state index is -2.32. The predicted molar refractivity (Wildman–Crippen MR) is 394 cm³/mol. The lowest BCUT2D eigenvalue weighted by Crippen LogP contribution is -2.70. The van der Waals surface area contributed by atoms with Gasteiger partial charge in [0.1, 0.15) is 146 Å². The normalized spacial score (nSPS) is 37.2. The van der Waals surface area contributed by atoms with Gasteiger partial charge in [0.05, 0.1) is 58.4 Å². The Morgan fingerprint density at radius 1 is 0.357 bits per heavy atom. The van der Waals surface area contributed by atoms with Crippen molar-refractivity contribution in [3.63, 3.8) is 0 Å². The van der Waals surface area contributed by atoms with Crippen molar-refractivity contribution in [2.75, 3.05) is 46.2 Å². The van der Waals surface area contributed by atoms with Gasteiger partial charge in [-0.15, -0.1) is 0 Å². The van der Waals surface area contributed by atoms with Crippen molar-refractivity contribution in [2.24, 2.45) is 0 Å². The Kier molecular flexibility index (Phi) is 45.5. The molecule has 0 aliphatic carbocycles. The van der Waals surface area contributed by atoms with Gasteiger partial charge in [-0.2, -0.15) is 0 Å². The minimum Gasteiger partial charge on any atom is -0.394 e. The summed E-state index contributed by atoms with van der Waals surface area (Å²) in [5.74, 6) is -2.06. The minimum absolute atomic E-state index is 0.146. The number of unbranched alkanes of at least 4 members (excludes halogenated alkanes) is 25. The van der Waals surface area contributed by atoms with Crippen molar-refractivity contribution in [3.8, 4) is 0 Å². The number of amides is 3. The van der Waals surface area contributed by atoms with Crippen LogP contribution in [0.4, 0.5) is 0 Å². The Bertz CT molecular complexity index is 2600. The van der Waals surface area contributed by atoms with Crippen molar-refractivity contribution in [1.82, 2.24) is 16.0 Å². The first-order chi connectivity index (χ1) is 53.8. The summed E-state index contributed by atoms with van der Waals surface area (Å²) >= 11 is 0. The Morgan fingerprint density at radius 2 is 0.705 bits per heavy atom. The third kappa shape index (κ3) is 29.7. The number of allylic oxidation sites excluding steroid dienone is 1. The molecular formula is C76H137N3O33. The highest BCUT2D eigenvalue weighted by molar-refractivity contribution is 5.76. The van der Waals surface area contributed by atoms with Crippen LogP contribution in [-0.2, 0) is 71.2 Å². The molecule has 6 rings (SSSR count). The maximum Gasteiger partial charge on any atom is 0.220 e. The van der Waals surface area contributed by atoms with E-state index in [1.807, 2.05) is 6.08 Å². The predicted octanol–water partition coefficient (Wildman–Crippen LogP) is -2.42. The molecule has 0 spiro atoms. The number of hydrogen-bond donors (Lipinski definition) is 21. The molecule has 12 unspecified atom stereocenters. The second-order valence-corrected chi connectivity index (χ2v) is 30.7. The second kappa shape index (κ2) is 52.1. The lowest BCUT2D eigenvalue weighted by atomic mass is 9.94. The van der Waals surface area contributed by atoms with E-state index in [1.54, 1.807) is 6.08 Å². The lowest BCUT2D eigenvalue weighted by molar-refractivity contribution is -0.385. The Balaban J connectivity index is 1.20. The van der Waals surface area contributed by atoms with Gasteiger partial charge in [0.15, 0.2) is 37.7 Å². The average molecular weight is 1620 g/mol. The standard InChI is InChI=1S/C76H137N3O33/c1-5-7-9-11-13-15-17-19-20-22-24-26-28-30-32-34-52(88)79-44(45(87)33-31-29-27-25-23-21-18-16-14-12-10-8-6-2)40-101-73-65(99)62(96)69(50(39-84)107-73)111-76-66(100)70(112-72-54(78-43(4)86)59(93)68(49(38-83)106-72)110-75-64(98)61(95)56(90)47(36-81)104-75)57(91)51(108-76)41-102-71-53(77-42(3)85)58(92)67(48(37-82)105-71)109-74-63(97)60(94)55(89)46(35-80)103-74/h31,33,44-51,53-76,80-84,87,89-100H,5-30,32,34-41H2,1-4H3,(H,77,85)(H,78,86)(H,79,88)/b33-31+/t44-,45+,46?,47?,48?,49?,50?,51?,53?,54?,55-,56-,57-,58+,59+,60-,61-,62+,63?,64?,65?,66?,67+,68+,69+,70-,71+,72-,73+,74-,75-,76-/m0/s1. The summed E-state index contributed by atoms with van der Waals surface area (Å²) in [4.78, 5) is 39.4. The van der Waals surface area contributed by atoms with Gasteiger partial charge in [-0.1, -0.05) is 180 Å². The van der Waals surface area contributed by atoms with Crippen molar-refractivity contribution < 1.29 is 163 Å². The number of aliphatic hydroxyl groups is 18. The summed E-state index contributed by atoms with van der Waals surface area (Å²) in [6.45, 7) is 0.195. The maximum atomic E-state index is 13.6. The number of ether oxygens (including phenoxy) is 12. The smallest absolute Gasteiger partial charge is 0.220 e. The highest BCUT2D eigenvalue weighted by Gasteiger charge is 2.58. The van der Waals surface area contributed by atoms with Gasteiger partial charge in [-0.3, -0.25) is 14.4 Å². The largest absolute Gasteiger partial charge is 0.394 e. The fourth-order valence-corrected chi connectivity index (χ4v) is 15.0. The second-order valence-electron chi connectivity index (χ2n) is 30.7. The van der Waals surface area contributed by atoms with Gasteiger partial charge in [0, 0.05) is 20.3 Å². The molecule has 112 heavy (non-hydrogen) atoms. The number of carbonyl (C=O) groups excluding carboxylic acids is 3. The van der Waals surface area contributed by atoms with Crippen LogP contribution in [0, 0.1) is 0 Å². The lowest BCUT2D eigenvalue weighted by Gasteiger charge is -2.50. The van der Waals surface area contributed by atoms with Gasteiger partial charge in [0.25, 0.3) is 0 Å².